The quantitative estimate of drug-likeness (QED) is 0.313. The van der Waals surface area contributed by atoms with Crippen molar-refractivity contribution in [3.63, 3.8) is 0 Å². The van der Waals surface area contributed by atoms with Gasteiger partial charge < -0.3 is 20.4 Å². The molecule has 0 aliphatic carbocycles. The van der Waals surface area contributed by atoms with Gasteiger partial charge in [0.15, 0.2) is 5.96 Å². The third-order valence-electron chi connectivity index (χ3n) is 5.37. The van der Waals surface area contributed by atoms with Crippen LogP contribution in [-0.4, -0.2) is 65.5 Å². The van der Waals surface area contributed by atoms with E-state index in [1.807, 2.05) is 37.3 Å². The van der Waals surface area contributed by atoms with Gasteiger partial charge in [0.05, 0.1) is 6.54 Å². The maximum absolute atomic E-state index is 12.2. The Labute approximate surface area is 207 Å². The summed E-state index contributed by atoms with van der Waals surface area (Å²) in [7, 11) is 0. The van der Waals surface area contributed by atoms with Crippen LogP contribution in [0.4, 0.5) is 5.95 Å². The molecule has 0 saturated carbocycles. The second-order valence-electron chi connectivity index (χ2n) is 7.67. The monoisotopic (exact) mass is 551 g/mol. The fourth-order valence-electron chi connectivity index (χ4n) is 3.34. The zero-order valence-electron chi connectivity index (χ0n) is 19.1. The smallest absolute Gasteiger partial charge is 0.251 e. The van der Waals surface area contributed by atoms with Gasteiger partial charge in [0, 0.05) is 56.7 Å². The summed E-state index contributed by atoms with van der Waals surface area (Å²) >= 11 is 0. The van der Waals surface area contributed by atoms with Crippen LogP contribution in [0.1, 0.15) is 43.1 Å². The number of piperazine rings is 1. The van der Waals surface area contributed by atoms with Crippen LogP contribution in [0.2, 0.25) is 0 Å². The molecule has 0 spiro atoms. The third kappa shape index (κ3) is 7.32. The molecule has 1 aromatic heterocycles. The lowest BCUT2D eigenvalue weighted by Gasteiger charge is -2.36. The molecular formula is C23H34IN7O. The van der Waals surface area contributed by atoms with E-state index in [1.54, 1.807) is 12.4 Å². The summed E-state index contributed by atoms with van der Waals surface area (Å²) in [5.74, 6) is 1.66. The molecule has 9 heteroatoms. The first-order chi connectivity index (χ1) is 15.1. The van der Waals surface area contributed by atoms with Gasteiger partial charge in [-0.25, -0.2) is 15.0 Å². The Balaban J connectivity index is 0.00000363. The number of carbonyl (C=O) groups is 1. The van der Waals surface area contributed by atoms with Gasteiger partial charge in [-0.1, -0.05) is 19.1 Å². The number of halogens is 1. The minimum Gasteiger partial charge on any atom is -0.357 e. The Morgan fingerprint density at radius 1 is 1.09 bits per heavy atom. The molecule has 174 valence electrons. The highest BCUT2D eigenvalue weighted by atomic mass is 127. The lowest BCUT2D eigenvalue weighted by atomic mass is 10.1. The number of guanidine groups is 1. The van der Waals surface area contributed by atoms with Gasteiger partial charge in [0.2, 0.25) is 5.95 Å². The molecular weight excluding hydrogens is 517 g/mol. The molecule has 1 amide bonds. The molecule has 3 rings (SSSR count). The van der Waals surface area contributed by atoms with Gasteiger partial charge in [0.1, 0.15) is 0 Å². The van der Waals surface area contributed by atoms with Crippen LogP contribution in [0.25, 0.3) is 0 Å². The number of amides is 1. The summed E-state index contributed by atoms with van der Waals surface area (Å²) in [5.41, 5.74) is 1.76. The van der Waals surface area contributed by atoms with Crippen LogP contribution in [0.5, 0.6) is 0 Å². The van der Waals surface area contributed by atoms with E-state index in [1.165, 1.54) is 0 Å². The van der Waals surface area contributed by atoms with Crippen molar-refractivity contribution in [1.29, 1.82) is 0 Å². The molecule has 1 fully saturated rings. The number of aliphatic imine (C=N–C) groups is 1. The SMILES string of the molecule is CCNC(=NCc1ccc(C(=O)NC(C)CC)cc1)N1CCN(c2ncccn2)CC1.I. The van der Waals surface area contributed by atoms with Crippen LogP contribution < -0.4 is 15.5 Å². The van der Waals surface area contributed by atoms with E-state index in [9.17, 15) is 4.79 Å². The fraction of sp³-hybridized carbons (Fsp3) is 0.478. The lowest BCUT2D eigenvalue weighted by Crippen LogP contribution is -2.52. The van der Waals surface area contributed by atoms with Crippen molar-refractivity contribution < 1.29 is 4.79 Å². The van der Waals surface area contributed by atoms with Gasteiger partial charge in [-0.3, -0.25) is 4.79 Å². The number of aromatic nitrogens is 2. The van der Waals surface area contributed by atoms with Gasteiger partial charge in [-0.2, -0.15) is 0 Å². The van der Waals surface area contributed by atoms with E-state index in [-0.39, 0.29) is 35.9 Å². The molecule has 1 unspecified atom stereocenters. The minimum atomic E-state index is -0.0296. The lowest BCUT2D eigenvalue weighted by molar-refractivity contribution is 0.0939. The van der Waals surface area contributed by atoms with Crippen molar-refractivity contribution in [2.24, 2.45) is 4.99 Å². The summed E-state index contributed by atoms with van der Waals surface area (Å²) in [6, 6.07) is 9.70. The zero-order valence-corrected chi connectivity index (χ0v) is 21.5. The number of nitrogens with zero attached hydrogens (tertiary/aromatic N) is 5. The van der Waals surface area contributed by atoms with Gasteiger partial charge in [0.25, 0.3) is 5.91 Å². The van der Waals surface area contributed by atoms with Crippen molar-refractivity contribution in [3.8, 4) is 0 Å². The Morgan fingerprint density at radius 3 is 2.34 bits per heavy atom. The number of carbonyl (C=O) groups excluding carboxylic acids is 1. The maximum Gasteiger partial charge on any atom is 0.251 e. The molecule has 1 aliphatic rings. The highest BCUT2D eigenvalue weighted by Crippen LogP contribution is 2.11. The molecule has 2 heterocycles. The van der Waals surface area contributed by atoms with Gasteiger partial charge in [-0.05, 0) is 44.0 Å². The predicted octanol–water partition coefficient (Wildman–Crippen LogP) is 2.91. The number of rotatable bonds is 7. The Morgan fingerprint density at radius 2 is 1.75 bits per heavy atom. The number of hydrogen-bond acceptors (Lipinski definition) is 5. The van der Waals surface area contributed by atoms with Crippen LogP contribution >= 0.6 is 24.0 Å². The van der Waals surface area contributed by atoms with E-state index in [0.717, 1.165) is 56.6 Å². The molecule has 1 saturated heterocycles. The molecule has 1 aliphatic heterocycles. The summed E-state index contributed by atoms with van der Waals surface area (Å²) in [6.45, 7) is 11.0. The molecule has 32 heavy (non-hydrogen) atoms. The topological polar surface area (TPSA) is 85.8 Å². The van der Waals surface area contributed by atoms with Gasteiger partial charge in [-0.15, -0.1) is 24.0 Å². The van der Waals surface area contributed by atoms with Crippen LogP contribution in [0.15, 0.2) is 47.7 Å². The first-order valence-electron chi connectivity index (χ1n) is 11.1. The Bertz CT molecular complexity index is 852. The van der Waals surface area contributed by atoms with Crippen molar-refractivity contribution in [2.45, 2.75) is 39.8 Å². The van der Waals surface area contributed by atoms with E-state index in [4.69, 9.17) is 4.99 Å². The molecule has 2 N–H and O–H groups in total. The van der Waals surface area contributed by atoms with Crippen molar-refractivity contribution in [2.75, 3.05) is 37.6 Å². The van der Waals surface area contributed by atoms with E-state index >= 15 is 0 Å². The first kappa shape index (κ1) is 25.8. The fourth-order valence-corrected chi connectivity index (χ4v) is 3.34. The molecule has 0 bridgehead atoms. The van der Waals surface area contributed by atoms with Crippen LogP contribution in [0, 0.1) is 0 Å². The molecule has 1 atom stereocenters. The summed E-state index contributed by atoms with van der Waals surface area (Å²) < 4.78 is 0. The highest BCUT2D eigenvalue weighted by molar-refractivity contribution is 14.0. The molecule has 8 nitrogen and oxygen atoms in total. The van der Waals surface area contributed by atoms with Crippen LogP contribution in [-0.2, 0) is 6.54 Å². The second-order valence-corrected chi connectivity index (χ2v) is 7.67. The van der Waals surface area contributed by atoms with E-state index in [2.05, 4.69) is 44.2 Å². The predicted molar refractivity (Wildman–Crippen MR) is 140 cm³/mol. The number of anilines is 1. The standard InChI is InChI=1S/C23H33N7O.HI/c1-4-18(3)28-21(31)20-9-7-19(8-10-20)17-27-22(24-5-2)29-13-15-30(16-14-29)23-25-11-6-12-26-23;/h6-12,18H,4-5,13-17H2,1-3H3,(H,24,27)(H,28,31);1H. The second kappa shape index (κ2) is 13.2. The van der Waals surface area contributed by atoms with Crippen molar-refractivity contribution in [1.82, 2.24) is 25.5 Å². The minimum absolute atomic E-state index is 0. The summed E-state index contributed by atoms with van der Waals surface area (Å²) in [4.78, 5) is 30.2. The maximum atomic E-state index is 12.2. The summed E-state index contributed by atoms with van der Waals surface area (Å²) in [6.07, 6.45) is 4.47. The van der Waals surface area contributed by atoms with E-state index < -0.39 is 0 Å². The number of nitrogens with one attached hydrogen (secondary N) is 2. The normalized spacial score (nSPS) is 15.0. The van der Waals surface area contributed by atoms with Crippen LogP contribution in [0.3, 0.4) is 0 Å². The average Bonchev–Trinajstić information content (AvgIpc) is 2.82. The Kier molecular flexibility index (Phi) is 10.6. The van der Waals surface area contributed by atoms with Gasteiger partial charge >= 0.3 is 0 Å². The summed E-state index contributed by atoms with van der Waals surface area (Å²) in [5, 5.41) is 6.39. The largest absolute Gasteiger partial charge is 0.357 e. The zero-order chi connectivity index (χ0) is 22.1. The molecule has 2 aromatic rings. The van der Waals surface area contributed by atoms with E-state index in [0.29, 0.717) is 12.1 Å². The highest BCUT2D eigenvalue weighted by Gasteiger charge is 2.21. The van der Waals surface area contributed by atoms with Crippen molar-refractivity contribution >= 4 is 41.8 Å². The Hall–Kier alpha value is -2.43. The number of hydrogen-bond donors (Lipinski definition) is 2. The average molecular weight is 551 g/mol. The third-order valence-corrected chi connectivity index (χ3v) is 5.37. The van der Waals surface area contributed by atoms with Crippen molar-refractivity contribution in [3.05, 3.63) is 53.9 Å². The molecule has 1 aromatic carbocycles. The molecule has 0 radical (unpaired) electrons. The number of benzene rings is 1. The first-order valence-corrected chi connectivity index (χ1v) is 11.1.